The number of anilines is 1. The van der Waals surface area contributed by atoms with Crippen molar-refractivity contribution in [2.75, 3.05) is 11.9 Å². The van der Waals surface area contributed by atoms with Crippen molar-refractivity contribution >= 4 is 17.6 Å². The highest BCUT2D eigenvalue weighted by atomic mass is 19.1. The van der Waals surface area contributed by atoms with Gasteiger partial charge in [-0.25, -0.2) is 9.18 Å². The van der Waals surface area contributed by atoms with Crippen molar-refractivity contribution in [3.05, 3.63) is 65.5 Å². The summed E-state index contributed by atoms with van der Waals surface area (Å²) in [5, 5.41) is 9.10. The number of amides is 1. The Hall–Kier alpha value is -2.69. The molecule has 1 amide bonds. The number of benzene rings is 2. The molecule has 1 N–H and O–H groups in total. The molecule has 0 aromatic heterocycles. The summed E-state index contributed by atoms with van der Waals surface area (Å²) in [7, 11) is 1.53. The summed E-state index contributed by atoms with van der Waals surface area (Å²) in [6.07, 6.45) is -0.0600. The summed E-state index contributed by atoms with van der Waals surface area (Å²) in [5.74, 6) is -1.82. The van der Waals surface area contributed by atoms with Gasteiger partial charge in [-0.3, -0.25) is 4.79 Å². The minimum absolute atomic E-state index is 0.0600. The van der Waals surface area contributed by atoms with Gasteiger partial charge in [0.2, 0.25) is 5.91 Å². The second-order valence-electron chi connectivity index (χ2n) is 4.57. The van der Waals surface area contributed by atoms with Crippen LogP contribution in [0, 0.1) is 5.82 Å². The van der Waals surface area contributed by atoms with Gasteiger partial charge in [0.25, 0.3) is 0 Å². The van der Waals surface area contributed by atoms with Crippen molar-refractivity contribution in [3.8, 4) is 0 Å². The smallest absolute Gasteiger partial charge is 0.335 e. The van der Waals surface area contributed by atoms with Gasteiger partial charge in [-0.1, -0.05) is 24.3 Å². The highest BCUT2D eigenvalue weighted by molar-refractivity contribution is 5.97. The molecule has 0 radical (unpaired) electrons. The number of likely N-dealkylation sites (N-methyl/N-ethyl adjacent to an activating group) is 1. The molecule has 0 saturated heterocycles. The molecular formula is C16H14FNO3. The molecule has 108 valence electrons. The molecule has 21 heavy (non-hydrogen) atoms. The Balaban J connectivity index is 2.20. The molecule has 5 heteroatoms. The van der Waals surface area contributed by atoms with Crippen molar-refractivity contribution in [2.45, 2.75) is 6.42 Å². The SMILES string of the molecule is CN(C(=O)Cc1ccccc1C(=O)O)c1cccc(F)c1. The van der Waals surface area contributed by atoms with E-state index in [0.717, 1.165) is 0 Å². The third-order valence-electron chi connectivity index (χ3n) is 3.16. The number of hydrogen-bond acceptors (Lipinski definition) is 2. The lowest BCUT2D eigenvalue weighted by Gasteiger charge is -2.18. The van der Waals surface area contributed by atoms with E-state index in [1.165, 1.54) is 36.2 Å². The zero-order chi connectivity index (χ0) is 15.4. The van der Waals surface area contributed by atoms with Crippen LogP contribution in [0.2, 0.25) is 0 Å². The minimum atomic E-state index is -1.08. The molecule has 0 fully saturated rings. The van der Waals surface area contributed by atoms with Crippen molar-refractivity contribution < 1.29 is 19.1 Å². The van der Waals surface area contributed by atoms with Gasteiger partial charge < -0.3 is 10.0 Å². The van der Waals surface area contributed by atoms with Crippen LogP contribution in [-0.4, -0.2) is 24.0 Å². The second-order valence-corrected chi connectivity index (χ2v) is 4.57. The summed E-state index contributed by atoms with van der Waals surface area (Å²) >= 11 is 0. The predicted octanol–water partition coefficient (Wildman–Crippen LogP) is 2.73. The van der Waals surface area contributed by atoms with Crippen molar-refractivity contribution in [3.63, 3.8) is 0 Å². The van der Waals surface area contributed by atoms with Crippen molar-refractivity contribution in [2.24, 2.45) is 0 Å². The summed E-state index contributed by atoms with van der Waals surface area (Å²) in [5.41, 5.74) is 0.949. The summed E-state index contributed by atoms with van der Waals surface area (Å²) in [6.45, 7) is 0. The van der Waals surface area contributed by atoms with Gasteiger partial charge in [-0.2, -0.15) is 0 Å². The average molecular weight is 287 g/mol. The molecule has 0 bridgehead atoms. The molecule has 0 heterocycles. The Morgan fingerprint density at radius 3 is 2.52 bits per heavy atom. The van der Waals surface area contributed by atoms with Crippen LogP contribution in [0.3, 0.4) is 0 Å². The summed E-state index contributed by atoms with van der Waals surface area (Å²) < 4.78 is 13.2. The fourth-order valence-corrected chi connectivity index (χ4v) is 1.99. The third-order valence-corrected chi connectivity index (χ3v) is 3.16. The molecule has 0 aliphatic heterocycles. The molecule has 0 unspecified atom stereocenters. The average Bonchev–Trinajstić information content (AvgIpc) is 2.46. The molecule has 2 aromatic rings. The number of rotatable bonds is 4. The lowest BCUT2D eigenvalue weighted by atomic mass is 10.0. The van der Waals surface area contributed by atoms with Gasteiger partial charge >= 0.3 is 5.97 Å². The van der Waals surface area contributed by atoms with E-state index >= 15 is 0 Å². The second kappa shape index (κ2) is 6.17. The van der Waals surface area contributed by atoms with Crippen LogP contribution < -0.4 is 4.90 Å². The Morgan fingerprint density at radius 1 is 1.14 bits per heavy atom. The van der Waals surface area contributed by atoms with Gasteiger partial charge in [0, 0.05) is 12.7 Å². The maximum absolute atomic E-state index is 13.2. The molecule has 2 aromatic carbocycles. The fraction of sp³-hybridized carbons (Fsp3) is 0.125. The molecule has 0 atom stereocenters. The Bertz CT molecular complexity index is 685. The highest BCUT2D eigenvalue weighted by Crippen LogP contribution is 2.17. The first-order valence-corrected chi connectivity index (χ1v) is 6.32. The first-order valence-electron chi connectivity index (χ1n) is 6.32. The van der Waals surface area contributed by atoms with Gasteiger partial charge in [-0.15, -0.1) is 0 Å². The quantitative estimate of drug-likeness (QED) is 0.940. The van der Waals surface area contributed by atoms with Crippen LogP contribution in [-0.2, 0) is 11.2 Å². The Morgan fingerprint density at radius 2 is 1.86 bits per heavy atom. The Labute approximate surface area is 121 Å². The molecule has 2 rings (SSSR count). The third kappa shape index (κ3) is 3.45. The van der Waals surface area contributed by atoms with E-state index in [9.17, 15) is 14.0 Å². The number of aromatic carboxylic acids is 1. The van der Waals surface area contributed by atoms with Crippen LogP contribution in [0.25, 0.3) is 0 Å². The van der Waals surface area contributed by atoms with Crippen LogP contribution in [0.15, 0.2) is 48.5 Å². The molecule has 4 nitrogen and oxygen atoms in total. The van der Waals surface area contributed by atoms with Crippen LogP contribution in [0.4, 0.5) is 10.1 Å². The lowest BCUT2D eigenvalue weighted by Crippen LogP contribution is -2.28. The van der Waals surface area contributed by atoms with E-state index in [1.54, 1.807) is 24.3 Å². The minimum Gasteiger partial charge on any atom is -0.478 e. The number of hydrogen-bond donors (Lipinski definition) is 1. The van der Waals surface area contributed by atoms with E-state index in [2.05, 4.69) is 0 Å². The zero-order valence-corrected chi connectivity index (χ0v) is 11.4. The first kappa shape index (κ1) is 14.7. The largest absolute Gasteiger partial charge is 0.478 e. The maximum Gasteiger partial charge on any atom is 0.335 e. The number of halogens is 1. The van der Waals surface area contributed by atoms with E-state index in [4.69, 9.17) is 5.11 Å². The van der Waals surface area contributed by atoms with Crippen LogP contribution in [0.5, 0.6) is 0 Å². The van der Waals surface area contributed by atoms with E-state index in [0.29, 0.717) is 11.3 Å². The van der Waals surface area contributed by atoms with Gasteiger partial charge in [-0.05, 0) is 29.8 Å². The standard InChI is InChI=1S/C16H14FNO3/c1-18(13-7-4-6-12(17)10-13)15(19)9-11-5-2-3-8-14(11)16(20)21/h2-8,10H,9H2,1H3,(H,20,21). The topological polar surface area (TPSA) is 57.6 Å². The predicted molar refractivity (Wildman–Crippen MR) is 76.9 cm³/mol. The maximum atomic E-state index is 13.2. The first-order chi connectivity index (χ1) is 9.99. The highest BCUT2D eigenvalue weighted by Gasteiger charge is 2.16. The molecule has 0 aliphatic rings. The van der Waals surface area contributed by atoms with E-state index in [1.807, 2.05) is 0 Å². The van der Waals surface area contributed by atoms with Crippen molar-refractivity contribution in [1.29, 1.82) is 0 Å². The molecule has 0 spiro atoms. The normalized spacial score (nSPS) is 10.2. The zero-order valence-electron chi connectivity index (χ0n) is 11.4. The van der Waals surface area contributed by atoms with Gasteiger partial charge in [0.15, 0.2) is 0 Å². The van der Waals surface area contributed by atoms with Crippen molar-refractivity contribution in [1.82, 2.24) is 0 Å². The summed E-state index contributed by atoms with van der Waals surface area (Å²) in [6, 6.07) is 12.0. The molecular weight excluding hydrogens is 273 g/mol. The number of carbonyl (C=O) groups excluding carboxylic acids is 1. The summed E-state index contributed by atoms with van der Waals surface area (Å²) in [4.78, 5) is 24.6. The van der Waals surface area contributed by atoms with Gasteiger partial charge in [0.1, 0.15) is 5.82 Å². The van der Waals surface area contributed by atoms with Gasteiger partial charge in [0.05, 0.1) is 12.0 Å². The lowest BCUT2D eigenvalue weighted by molar-refractivity contribution is -0.117. The fourth-order valence-electron chi connectivity index (χ4n) is 1.99. The van der Waals surface area contributed by atoms with E-state index < -0.39 is 11.8 Å². The van der Waals surface area contributed by atoms with Crippen LogP contribution in [0.1, 0.15) is 15.9 Å². The number of nitrogens with zero attached hydrogens (tertiary/aromatic N) is 1. The molecule has 0 aliphatic carbocycles. The molecule has 0 saturated carbocycles. The number of carbonyl (C=O) groups is 2. The van der Waals surface area contributed by atoms with Crippen LogP contribution >= 0.6 is 0 Å². The monoisotopic (exact) mass is 287 g/mol. The Kier molecular flexibility index (Phi) is 4.33. The number of carboxylic acid groups (broad SMARTS) is 1. The van der Waals surface area contributed by atoms with E-state index in [-0.39, 0.29) is 17.9 Å². The number of carboxylic acids is 1.